The molecule has 3 rings (SSSR count). The summed E-state index contributed by atoms with van der Waals surface area (Å²) in [6.45, 7) is 2.90. The molecule has 0 aliphatic carbocycles. The minimum atomic E-state index is 0.101. The van der Waals surface area contributed by atoms with E-state index in [1.165, 1.54) is 12.8 Å². The van der Waals surface area contributed by atoms with Crippen molar-refractivity contribution in [1.82, 2.24) is 24.6 Å². The summed E-state index contributed by atoms with van der Waals surface area (Å²) in [5.41, 5.74) is 1.07. The molecule has 2 aromatic heterocycles. The van der Waals surface area contributed by atoms with Gasteiger partial charge in [0.05, 0.1) is 18.7 Å². The van der Waals surface area contributed by atoms with Crippen molar-refractivity contribution in [3.8, 4) is 0 Å². The summed E-state index contributed by atoms with van der Waals surface area (Å²) in [5, 5.41) is 7.30. The van der Waals surface area contributed by atoms with Crippen molar-refractivity contribution in [2.75, 3.05) is 20.6 Å². The van der Waals surface area contributed by atoms with E-state index < -0.39 is 0 Å². The molecule has 7 heteroatoms. The largest absolute Gasteiger partial charge is 0.348 e. The molecule has 0 bridgehead atoms. The molecule has 1 atom stereocenters. The van der Waals surface area contributed by atoms with Gasteiger partial charge in [0.1, 0.15) is 5.01 Å². The summed E-state index contributed by atoms with van der Waals surface area (Å²) in [6, 6.07) is 2.48. The first-order valence-electron chi connectivity index (χ1n) is 7.96. The maximum atomic E-state index is 11.8. The van der Waals surface area contributed by atoms with Gasteiger partial charge in [0.15, 0.2) is 0 Å². The van der Waals surface area contributed by atoms with Crippen molar-refractivity contribution >= 4 is 17.2 Å². The lowest BCUT2D eigenvalue weighted by Crippen LogP contribution is -2.32. The molecule has 23 heavy (non-hydrogen) atoms. The van der Waals surface area contributed by atoms with Crippen LogP contribution in [0.3, 0.4) is 0 Å². The number of carbonyl (C=O) groups is 1. The highest BCUT2D eigenvalue weighted by Gasteiger charge is 2.25. The molecule has 1 unspecified atom stereocenters. The molecule has 1 saturated heterocycles. The minimum Gasteiger partial charge on any atom is -0.348 e. The lowest BCUT2D eigenvalue weighted by molar-refractivity contribution is -0.127. The number of likely N-dealkylation sites (tertiary alicyclic amines) is 1. The van der Waals surface area contributed by atoms with Crippen molar-refractivity contribution in [2.45, 2.75) is 38.4 Å². The first-order chi connectivity index (χ1) is 11.1. The molecule has 0 radical (unpaired) electrons. The Bertz CT molecular complexity index is 637. The fourth-order valence-electron chi connectivity index (χ4n) is 2.93. The van der Waals surface area contributed by atoms with Crippen LogP contribution in [0.5, 0.6) is 0 Å². The Morgan fingerprint density at radius 2 is 2.35 bits per heavy atom. The number of hydrogen-bond donors (Lipinski definition) is 0. The highest BCUT2D eigenvalue weighted by molar-refractivity contribution is 7.09. The second-order valence-electron chi connectivity index (χ2n) is 6.19. The standard InChI is InChI=1S/C16H23N5OS/c1-19(2)16(22)9-15-18-13(12-23-15)10-20-7-3-5-14(20)11-21-8-4-6-17-21/h4,6,8,12,14H,3,5,7,9-11H2,1-2H3. The minimum absolute atomic E-state index is 0.101. The third kappa shape index (κ3) is 4.17. The van der Waals surface area contributed by atoms with E-state index in [0.29, 0.717) is 12.5 Å². The lowest BCUT2D eigenvalue weighted by Gasteiger charge is -2.23. The molecule has 0 spiro atoms. The van der Waals surface area contributed by atoms with Crippen LogP contribution >= 0.6 is 11.3 Å². The second-order valence-corrected chi connectivity index (χ2v) is 7.13. The normalized spacial score (nSPS) is 18.4. The van der Waals surface area contributed by atoms with Gasteiger partial charge in [-0.25, -0.2) is 4.98 Å². The summed E-state index contributed by atoms with van der Waals surface area (Å²) < 4.78 is 2.01. The number of amides is 1. The molecule has 0 N–H and O–H groups in total. The zero-order valence-corrected chi connectivity index (χ0v) is 14.5. The van der Waals surface area contributed by atoms with Crippen LogP contribution in [0.4, 0.5) is 0 Å². The first kappa shape index (κ1) is 16.1. The molecular formula is C16H23N5OS. The van der Waals surface area contributed by atoms with Gasteiger partial charge in [0.25, 0.3) is 0 Å². The summed E-state index contributed by atoms with van der Waals surface area (Å²) >= 11 is 1.58. The van der Waals surface area contributed by atoms with E-state index in [1.54, 1.807) is 30.3 Å². The molecule has 1 fully saturated rings. The van der Waals surface area contributed by atoms with Crippen LogP contribution in [0.2, 0.25) is 0 Å². The Labute approximate surface area is 140 Å². The van der Waals surface area contributed by atoms with Crippen molar-refractivity contribution in [3.63, 3.8) is 0 Å². The van der Waals surface area contributed by atoms with Gasteiger partial charge in [-0.15, -0.1) is 11.3 Å². The number of thiazole rings is 1. The summed E-state index contributed by atoms with van der Waals surface area (Å²) in [7, 11) is 3.56. The molecule has 2 aromatic rings. The van der Waals surface area contributed by atoms with Crippen LogP contribution in [0.25, 0.3) is 0 Å². The quantitative estimate of drug-likeness (QED) is 0.806. The van der Waals surface area contributed by atoms with Gasteiger partial charge in [-0.1, -0.05) is 0 Å². The van der Waals surface area contributed by atoms with Crippen LogP contribution < -0.4 is 0 Å². The summed E-state index contributed by atoms with van der Waals surface area (Å²) in [4.78, 5) is 20.5. The molecule has 0 saturated carbocycles. The SMILES string of the molecule is CN(C)C(=O)Cc1nc(CN2CCCC2Cn2cccn2)cs1. The molecule has 1 aliphatic rings. The van der Waals surface area contributed by atoms with Crippen molar-refractivity contribution < 1.29 is 4.79 Å². The number of likely N-dealkylation sites (N-methyl/N-ethyl adjacent to an activating group) is 1. The van der Waals surface area contributed by atoms with E-state index in [4.69, 9.17) is 0 Å². The molecule has 3 heterocycles. The van der Waals surface area contributed by atoms with Crippen LogP contribution in [-0.4, -0.2) is 57.2 Å². The smallest absolute Gasteiger partial charge is 0.228 e. The molecule has 124 valence electrons. The van der Waals surface area contributed by atoms with Gasteiger partial charge in [-0.3, -0.25) is 14.4 Å². The lowest BCUT2D eigenvalue weighted by atomic mass is 10.2. The second kappa shape index (κ2) is 7.23. The Hall–Kier alpha value is -1.73. The van der Waals surface area contributed by atoms with Gasteiger partial charge < -0.3 is 4.90 Å². The number of nitrogens with zero attached hydrogens (tertiary/aromatic N) is 5. The predicted molar refractivity (Wildman–Crippen MR) is 90.2 cm³/mol. The van der Waals surface area contributed by atoms with Crippen LogP contribution in [0.1, 0.15) is 23.5 Å². The third-order valence-electron chi connectivity index (χ3n) is 4.22. The van der Waals surface area contributed by atoms with Crippen LogP contribution in [-0.2, 0) is 24.3 Å². The van der Waals surface area contributed by atoms with E-state index in [0.717, 1.165) is 30.3 Å². The monoisotopic (exact) mass is 333 g/mol. The zero-order valence-electron chi connectivity index (χ0n) is 13.7. The van der Waals surface area contributed by atoms with Crippen molar-refractivity contribution in [2.24, 2.45) is 0 Å². The van der Waals surface area contributed by atoms with Gasteiger partial charge in [0, 0.05) is 44.5 Å². The maximum Gasteiger partial charge on any atom is 0.228 e. The molecule has 6 nitrogen and oxygen atoms in total. The van der Waals surface area contributed by atoms with Crippen molar-refractivity contribution in [1.29, 1.82) is 0 Å². The van der Waals surface area contributed by atoms with Gasteiger partial charge in [-0.05, 0) is 25.5 Å². The number of hydrogen-bond acceptors (Lipinski definition) is 5. The Morgan fingerprint density at radius 3 is 3.09 bits per heavy atom. The van der Waals surface area contributed by atoms with E-state index in [2.05, 4.69) is 20.4 Å². The van der Waals surface area contributed by atoms with E-state index >= 15 is 0 Å². The van der Waals surface area contributed by atoms with Gasteiger partial charge in [-0.2, -0.15) is 5.10 Å². The summed E-state index contributed by atoms with van der Waals surface area (Å²) in [5.74, 6) is 0.101. The van der Waals surface area contributed by atoms with E-state index in [-0.39, 0.29) is 5.91 Å². The highest BCUT2D eigenvalue weighted by atomic mass is 32.1. The number of rotatable bonds is 6. The Morgan fingerprint density at radius 1 is 1.48 bits per heavy atom. The maximum absolute atomic E-state index is 11.8. The molecular weight excluding hydrogens is 310 g/mol. The Kier molecular flexibility index (Phi) is 5.07. The molecule has 0 aromatic carbocycles. The molecule has 1 aliphatic heterocycles. The topological polar surface area (TPSA) is 54.3 Å². The first-order valence-corrected chi connectivity index (χ1v) is 8.84. The van der Waals surface area contributed by atoms with Gasteiger partial charge >= 0.3 is 0 Å². The number of carbonyl (C=O) groups excluding carboxylic acids is 1. The Balaban J connectivity index is 1.58. The van der Waals surface area contributed by atoms with E-state index in [9.17, 15) is 4.79 Å². The average molecular weight is 333 g/mol. The van der Waals surface area contributed by atoms with E-state index in [1.807, 2.05) is 23.1 Å². The fraction of sp³-hybridized carbons (Fsp3) is 0.562. The van der Waals surface area contributed by atoms with Gasteiger partial charge in [0.2, 0.25) is 5.91 Å². The highest BCUT2D eigenvalue weighted by Crippen LogP contribution is 2.22. The van der Waals surface area contributed by atoms with Crippen molar-refractivity contribution in [3.05, 3.63) is 34.5 Å². The predicted octanol–water partition coefficient (Wildman–Crippen LogP) is 1.63. The fourth-order valence-corrected chi connectivity index (χ4v) is 3.71. The van der Waals surface area contributed by atoms with Crippen LogP contribution in [0, 0.1) is 0 Å². The number of aromatic nitrogens is 3. The zero-order chi connectivity index (χ0) is 16.2. The summed E-state index contributed by atoms with van der Waals surface area (Å²) in [6.07, 6.45) is 6.67. The third-order valence-corrected chi connectivity index (χ3v) is 5.12. The van der Waals surface area contributed by atoms with Crippen LogP contribution in [0.15, 0.2) is 23.8 Å². The molecule has 1 amide bonds. The average Bonchev–Trinajstić information content (AvgIpc) is 3.24.